The molecule has 2 aromatic rings. The Labute approximate surface area is 147 Å². The van der Waals surface area contributed by atoms with Crippen LogP contribution in [-0.4, -0.2) is 24.5 Å². The summed E-state index contributed by atoms with van der Waals surface area (Å²) in [5, 5.41) is 2.51. The molecular weight excluding hydrogens is 349 g/mol. The molecule has 0 aliphatic carbocycles. The molecule has 1 aliphatic heterocycles. The first kappa shape index (κ1) is 17.8. The van der Waals surface area contributed by atoms with Crippen LogP contribution in [0.5, 0.6) is 5.75 Å². The van der Waals surface area contributed by atoms with Crippen molar-refractivity contribution >= 4 is 23.2 Å². The molecule has 1 N–H and O–H groups in total. The lowest BCUT2D eigenvalue weighted by molar-refractivity contribution is -0.137. The molecule has 0 radical (unpaired) electrons. The summed E-state index contributed by atoms with van der Waals surface area (Å²) in [5.41, 5.74) is -0.0282. The van der Waals surface area contributed by atoms with Crippen molar-refractivity contribution in [2.45, 2.75) is 19.2 Å². The molecule has 0 aromatic heterocycles. The van der Waals surface area contributed by atoms with Crippen LogP contribution in [0.2, 0.25) is 0 Å². The Hall–Kier alpha value is -3.03. The molecule has 0 spiro atoms. The predicted molar refractivity (Wildman–Crippen MR) is 89.0 cm³/mol. The van der Waals surface area contributed by atoms with Gasteiger partial charge in [-0.1, -0.05) is 12.1 Å². The Bertz CT molecular complexity index is 834. The van der Waals surface area contributed by atoms with Crippen LogP contribution in [0.4, 0.5) is 24.5 Å². The summed E-state index contributed by atoms with van der Waals surface area (Å²) >= 11 is 0. The number of carbonyl (C=O) groups is 2. The first-order chi connectivity index (χ1) is 12.3. The zero-order valence-electron chi connectivity index (χ0n) is 13.7. The predicted octanol–water partition coefficient (Wildman–Crippen LogP) is 3.46. The number of carbonyl (C=O) groups excluding carboxylic acids is 2. The molecule has 1 heterocycles. The molecule has 0 saturated heterocycles. The first-order valence-corrected chi connectivity index (χ1v) is 7.77. The van der Waals surface area contributed by atoms with Crippen molar-refractivity contribution in [3.8, 4) is 5.75 Å². The van der Waals surface area contributed by atoms with Gasteiger partial charge in [-0.2, -0.15) is 13.2 Å². The topological polar surface area (TPSA) is 58.6 Å². The normalized spacial score (nSPS) is 16.5. The number of hydrogen-bond acceptors (Lipinski definition) is 3. The minimum atomic E-state index is -4.44. The van der Waals surface area contributed by atoms with Crippen molar-refractivity contribution in [3.63, 3.8) is 0 Å². The molecule has 26 heavy (non-hydrogen) atoms. The molecule has 2 amide bonds. The second kappa shape index (κ2) is 6.70. The SMILES string of the molecule is CC(=O)N1C[C@@H](C(=O)Nc2ccc(C(F)(F)F)cc2)Oc2ccccc21. The van der Waals surface area contributed by atoms with Crippen LogP contribution in [0, 0.1) is 0 Å². The van der Waals surface area contributed by atoms with Gasteiger partial charge in [0.2, 0.25) is 5.91 Å². The van der Waals surface area contributed by atoms with E-state index in [1.165, 1.54) is 24.0 Å². The number of benzene rings is 2. The van der Waals surface area contributed by atoms with Crippen LogP contribution in [-0.2, 0) is 15.8 Å². The van der Waals surface area contributed by atoms with E-state index in [2.05, 4.69) is 5.32 Å². The summed E-state index contributed by atoms with van der Waals surface area (Å²) in [6.45, 7) is 1.39. The molecule has 1 aliphatic rings. The van der Waals surface area contributed by atoms with Crippen molar-refractivity contribution < 1.29 is 27.5 Å². The maximum Gasteiger partial charge on any atom is 0.416 e. The summed E-state index contributed by atoms with van der Waals surface area (Å²) in [5.74, 6) is -0.403. The highest BCUT2D eigenvalue weighted by Crippen LogP contribution is 2.33. The van der Waals surface area contributed by atoms with Gasteiger partial charge in [-0.15, -0.1) is 0 Å². The zero-order valence-corrected chi connectivity index (χ0v) is 13.7. The van der Waals surface area contributed by atoms with Gasteiger partial charge in [-0.25, -0.2) is 0 Å². The molecule has 0 unspecified atom stereocenters. The number of nitrogens with zero attached hydrogens (tertiary/aromatic N) is 1. The van der Waals surface area contributed by atoms with Crippen molar-refractivity contribution in [2.75, 3.05) is 16.8 Å². The molecule has 3 rings (SSSR count). The van der Waals surface area contributed by atoms with Gasteiger partial charge in [0, 0.05) is 12.6 Å². The molecule has 0 bridgehead atoms. The summed E-state index contributed by atoms with van der Waals surface area (Å²) in [6.07, 6.45) is -5.42. The number of amides is 2. The highest BCUT2D eigenvalue weighted by molar-refractivity contribution is 5.99. The van der Waals surface area contributed by atoms with Gasteiger partial charge in [0.15, 0.2) is 6.10 Å². The number of anilines is 2. The number of fused-ring (bicyclic) bond motifs is 1. The third-order valence-corrected chi connectivity index (χ3v) is 3.93. The van der Waals surface area contributed by atoms with E-state index in [-0.39, 0.29) is 18.1 Å². The van der Waals surface area contributed by atoms with Gasteiger partial charge in [0.1, 0.15) is 5.75 Å². The van der Waals surface area contributed by atoms with E-state index in [9.17, 15) is 22.8 Å². The Kier molecular flexibility index (Phi) is 4.58. The quantitative estimate of drug-likeness (QED) is 0.888. The van der Waals surface area contributed by atoms with Crippen LogP contribution >= 0.6 is 0 Å². The highest BCUT2D eigenvalue weighted by Gasteiger charge is 2.33. The Morgan fingerprint density at radius 3 is 2.38 bits per heavy atom. The van der Waals surface area contributed by atoms with Gasteiger partial charge in [0.25, 0.3) is 5.91 Å². The number of alkyl halides is 3. The molecule has 0 fully saturated rings. The molecular formula is C18H15F3N2O3. The van der Waals surface area contributed by atoms with Gasteiger partial charge < -0.3 is 15.0 Å². The largest absolute Gasteiger partial charge is 0.476 e. The lowest BCUT2D eigenvalue weighted by atomic mass is 10.1. The average molecular weight is 364 g/mol. The molecule has 2 aromatic carbocycles. The van der Waals surface area contributed by atoms with Crippen molar-refractivity contribution in [1.82, 2.24) is 0 Å². The molecule has 1 atom stereocenters. The third kappa shape index (κ3) is 3.63. The number of nitrogens with one attached hydrogen (secondary N) is 1. The number of para-hydroxylation sites is 2. The second-order valence-corrected chi connectivity index (χ2v) is 5.77. The zero-order chi connectivity index (χ0) is 18.9. The fourth-order valence-corrected chi connectivity index (χ4v) is 2.63. The summed E-state index contributed by atoms with van der Waals surface area (Å²) < 4.78 is 43.4. The minimum absolute atomic E-state index is 0.0127. The summed E-state index contributed by atoms with van der Waals surface area (Å²) in [4.78, 5) is 25.7. The molecule has 0 saturated carbocycles. The maximum atomic E-state index is 12.6. The Balaban J connectivity index is 1.75. The van der Waals surface area contributed by atoms with Crippen molar-refractivity contribution in [2.24, 2.45) is 0 Å². The van der Waals surface area contributed by atoms with Crippen LogP contribution in [0.3, 0.4) is 0 Å². The van der Waals surface area contributed by atoms with Gasteiger partial charge in [0.05, 0.1) is 17.8 Å². The Morgan fingerprint density at radius 2 is 1.77 bits per heavy atom. The van der Waals surface area contributed by atoms with E-state index in [0.29, 0.717) is 11.4 Å². The summed E-state index contributed by atoms with van der Waals surface area (Å²) in [6, 6.07) is 10.9. The fraction of sp³-hybridized carbons (Fsp3) is 0.222. The van der Waals surface area contributed by atoms with Gasteiger partial charge in [-0.05, 0) is 36.4 Å². The number of halogens is 3. The monoisotopic (exact) mass is 364 g/mol. The molecule has 8 heteroatoms. The van der Waals surface area contributed by atoms with E-state index >= 15 is 0 Å². The van der Waals surface area contributed by atoms with E-state index in [0.717, 1.165) is 12.1 Å². The van der Waals surface area contributed by atoms with Crippen LogP contribution < -0.4 is 15.0 Å². The number of hydrogen-bond donors (Lipinski definition) is 1. The first-order valence-electron chi connectivity index (χ1n) is 7.77. The van der Waals surface area contributed by atoms with E-state index < -0.39 is 23.8 Å². The molecule has 5 nitrogen and oxygen atoms in total. The van der Waals surface area contributed by atoms with Crippen molar-refractivity contribution in [1.29, 1.82) is 0 Å². The fourth-order valence-electron chi connectivity index (χ4n) is 2.63. The maximum absolute atomic E-state index is 12.6. The average Bonchev–Trinajstić information content (AvgIpc) is 2.60. The standard InChI is InChI=1S/C18H15F3N2O3/c1-11(24)23-10-16(26-15-5-3-2-4-14(15)23)17(25)22-13-8-6-12(7-9-13)18(19,20)21/h2-9,16H,10H2,1H3,(H,22,25)/t16-/m0/s1. The van der Waals surface area contributed by atoms with Crippen LogP contribution in [0.25, 0.3) is 0 Å². The minimum Gasteiger partial charge on any atom is -0.476 e. The Morgan fingerprint density at radius 1 is 1.12 bits per heavy atom. The van der Waals surface area contributed by atoms with Gasteiger partial charge in [-0.3, -0.25) is 9.59 Å². The number of ether oxygens (including phenoxy) is 1. The number of rotatable bonds is 2. The van der Waals surface area contributed by atoms with Gasteiger partial charge >= 0.3 is 6.18 Å². The lowest BCUT2D eigenvalue weighted by Gasteiger charge is -2.33. The van der Waals surface area contributed by atoms with Crippen LogP contribution in [0.15, 0.2) is 48.5 Å². The summed E-state index contributed by atoms with van der Waals surface area (Å²) in [7, 11) is 0. The van der Waals surface area contributed by atoms with E-state index in [1.54, 1.807) is 24.3 Å². The molecule has 136 valence electrons. The second-order valence-electron chi connectivity index (χ2n) is 5.77. The smallest absolute Gasteiger partial charge is 0.416 e. The van der Waals surface area contributed by atoms with E-state index in [4.69, 9.17) is 4.74 Å². The lowest BCUT2D eigenvalue weighted by Crippen LogP contribution is -2.48. The third-order valence-electron chi connectivity index (χ3n) is 3.93. The van der Waals surface area contributed by atoms with E-state index in [1.807, 2.05) is 0 Å². The highest BCUT2D eigenvalue weighted by atomic mass is 19.4. The van der Waals surface area contributed by atoms with Crippen LogP contribution in [0.1, 0.15) is 12.5 Å². The van der Waals surface area contributed by atoms with Crippen molar-refractivity contribution in [3.05, 3.63) is 54.1 Å².